The van der Waals surface area contributed by atoms with Crippen LogP contribution in [0.1, 0.15) is 51.4 Å². The van der Waals surface area contributed by atoms with Crippen molar-refractivity contribution in [2.45, 2.75) is 74.7 Å². The molecule has 5 amide bonds. The van der Waals surface area contributed by atoms with Gasteiger partial charge in [0.15, 0.2) is 0 Å². The van der Waals surface area contributed by atoms with Crippen molar-refractivity contribution < 1.29 is 33.4 Å². The summed E-state index contributed by atoms with van der Waals surface area (Å²) >= 11 is 1.88. The first-order valence-electron chi connectivity index (χ1n) is 15.7. The normalized spacial score (nSPS) is 19.0. The first-order valence-corrected chi connectivity index (χ1v) is 16.7. The van der Waals surface area contributed by atoms with E-state index in [-0.39, 0.29) is 56.0 Å². The number of carbonyl (C=O) groups is 4. The molecule has 5 N–H and O–H groups in total. The number of benzene rings is 1. The highest BCUT2D eigenvalue weighted by Crippen LogP contribution is 2.33. The largest absolute Gasteiger partial charge is 0.494 e. The molecule has 0 saturated carbocycles. The van der Waals surface area contributed by atoms with Gasteiger partial charge < -0.3 is 40.8 Å². The first kappa shape index (κ1) is 35.9. The van der Waals surface area contributed by atoms with E-state index >= 15 is 0 Å². The second kappa shape index (κ2) is 21.2. The van der Waals surface area contributed by atoms with Crippen LogP contribution in [0.2, 0.25) is 0 Å². The standard InChI is InChI=1S/C31H46N6O7S/c32-14-12-24(30(40)34-15-6-7-17-44-23-8-2-1-3-9-23)35-28(39)13-18-42-20-21-43-19-16-33-27(38)11-5-4-10-26-29-25(22-45-26)36-31(41)37-29/h1-3,8-9,24-26,29H,4-7,10-13,15-22H2,(H,33,38)(H,34,40)(H,35,39)(H2,36,37,41)/t24?,25?,26-,29?/m0/s1. The molecule has 2 aliphatic rings. The van der Waals surface area contributed by atoms with Crippen molar-refractivity contribution in [2.24, 2.45) is 0 Å². The molecule has 0 aliphatic carbocycles. The highest BCUT2D eigenvalue weighted by atomic mass is 32.2. The molecule has 2 heterocycles. The van der Waals surface area contributed by atoms with Gasteiger partial charge in [-0.1, -0.05) is 24.6 Å². The second-order valence-electron chi connectivity index (χ2n) is 10.8. The highest BCUT2D eigenvalue weighted by Gasteiger charge is 2.42. The molecule has 3 rings (SSSR count). The van der Waals surface area contributed by atoms with Gasteiger partial charge in [-0.15, -0.1) is 0 Å². The van der Waals surface area contributed by atoms with E-state index in [1.807, 2.05) is 48.2 Å². The summed E-state index contributed by atoms with van der Waals surface area (Å²) in [5.41, 5.74) is 0. The average Bonchev–Trinajstić information content (AvgIpc) is 3.59. The van der Waals surface area contributed by atoms with Crippen LogP contribution < -0.4 is 31.3 Å². The molecular weight excluding hydrogens is 600 g/mol. The molecule has 1 aromatic carbocycles. The summed E-state index contributed by atoms with van der Waals surface area (Å²) in [5.74, 6) is 0.956. The summed E-state index contributed by atoms with van der Waals surface area (Å²) in [4.78, 5) is 48.2. The van der Waals surface area contributed by atoms with Gasteiger partial charge in [-0.3, -0.25) is 14.4 Å². The third-order valence-corrected chi connectivity index (χ3v) is 8.83. The Morgan fingerprint density at radius 1 is 0.911 bits per heavy atom. The molecule has 4 atom stereocenters. The lowest BCUT2D eigenvalue weighted by Crippen LogP contribution is -2.47. The summed E-state index contributed by atoms with van der Waals surface area (Å²) in [7, 11) is 0. The van der Waals surface area contributed by atoms with Gasteiger partial charge in [0.2, 0.25) is 17.7 Å². The van der Waals surface area contributed by atoms with Gasteiger partial charge in [0, 0.05) is 36.9 Å². The third kappa shape index (κ3) is 14.4. The van der Waals surface area contributed by atoms with E-state index in [4.69, 9.17) is 19.5 Å². The van der Waals surface area contributed by atoms with Crippen molar-refractivity contribution in [1.82, 2.24) is 26.6 Å². The molecule has 0 radical (unpaired) electrons. The van der Waals surface area contributed by atoms with Gasteiger partial charge in [0.25, 0.3) is 0 Å². The Kier molecular flexibility index (Phi) is 17.0. The molecule has 248 valence electrons. The number of urea groups is 1. The number of carbonyl (C=O) groups excluding carboxylic acids is 4. The van der Waals surface area contributed by atoms with E-state index in [0.717, 1.165) is 37.2 Å². The Bertz CT molecular complexity index is 1110. The first-order chi connectivity index (χ1) is 22.0. The number of fused-ring (bicyclic) bond motifs is 1. The van der Waals surface area contributed by atoms with Crippen LogP contribution in [0.25, 0.3) is 0 Å². The number of hydrogen-bond donors (Lipinski definition) is 5. The molecular formula is C31H46N6O7S. The molecule has 45 heavy (non-hydrogen) atoms. The zero-order valence-electron chi connectivity index (χ0n) is 25.7. The molecule has 14 heteroatoms. The fraction of sp³-hybridized carbons (Fsp3) is 0.645. The molecule has 3 unspecified atom stereocenters. The number of unbranched alkanes of at least 4 members (excludes halogenated alkanes) is 2. The number of nitrogens with one attached hydrogen (secondary N) is 5. The number of nitrogens with zero attached hydrogens (tertiary/aromatic N) is 1. The van der Waals surface area contributed by atoms with Crippen molar-refractivity contribution in [3.8, 4) is 11.8 Å². The van der Waals surface area contributed by atoms with Crippen LogP contribution in [0.4, 0.5) is 4.79 Å². The maximum atomic E-state index is 12.4. The number of nitriles is 1. The lowest BCUT2D eigenvalue weighted by atomic mass is 10.0. The quantitative estimate of drug-likeness (QED) is 0.0873. The zero-order chi connectivity index (χ0) is 32.1. The lowest BCUT2D eigenvalue weighted by Gasteiger charge is -2.16. The molecule has 2 fully saturated rings. The minimum Gasteiger partial charge on any atom is -0.494 e. The Morgan fingerprint density at radius 3 is 2.51 bits per heavy atom. The van der Waals surface area contributed by atoms with Crippen molar-refractivity contribution >= 4 is 35.5 Å². The predicted molar refractivity (Wildman–Crippen MR) is 170 cm³/mol. The molecule has 2 saturated heterocycles. The molecule has 0 bridgehead atoms. The Balaban J connectivity index is 1.10. The Hall–Kier alpha value is -3.54. The van der Waals surface area contributed by atoms with E-state index in [0.29, 0.717) is 51.0 Å². The SMILES string of the molecule is N#CCC(NC(=O)CCOCCOCCNC(=O)CCCC[C@@H]1SCC2NC(=O)NC21)C(=O)NCCCCOc1ccccc1. The minimum atomic E-state index is -0.922. The van der Waals surface area contributed by atoms with Gasteiger partial charge in [-0.2, -0.15) is 17.0 Å². The fourth-order valence-corrected chi connectivity index (χ4v) is 6.49. The third-order valence-electron chi connectivity index (χ3n) is 7.32. The van der Waals surface area contributed by atoms with E-state index < -0.39 is 11.9 Å². The molecule has 0 aromatic heterocycles. The van der Waals surface area contributed by atoms with Crippen LogP contribution in [0.3, 0.4) is 0 Å². The van der Waals surface area contributed by atoms with Crippen LogP contribution in [0.5, 0.6) is 5.75 Å². The highest BCUT2D eigenvalue weighted by molar-refractivity contribution is 8.00. The molecule has 2 aliphatic heterocycles. The summed E-state index contributed by atoms with van der Waals surface area (Å²) in [6.07, 6.45) is 4.57. The lowest BCUT2D eigenvalue weighted by molar-refractivity contribution is -0.129. The second-order valence-corrected chi connectivity index (χ2v) is 12.1. The Morgan fingerprint density at radius 2 is 1.71 bits per heavy atom. The number of rotatable bonds is 23. The van der Waals surface area contributed by atoms with Gasteiger partial charge in [-0.25, -0.2) is 4.79 Å². The number of para-hydroxylation sites is 1. The molecule has 1 aromatic rings. The van der Waals surface area contributed by atoms with Gasteiger partial charge in [-0.05, 0) is 37.8 Å². The van der Waals surface area contributed by atoms with Crippen molar-refractivity contribution in [3.05, 3.63) is 30.3 Å². The van der Waals surface area contributed by atoms with Crippen LogP contribution in [-0.4, -0.2) is 99.0 Å². The average molecular weight is 647 g/mol. The van der Waals surface area contributed by atoms with Crippen molar-refractivity contribution in [2.75, 3.05) is 51.9 Å². The zero-order valence-corrected chi connectivity index (χ0v) is 26.5. The smallest absolute Gasteiger partial charge is 0.315 e. The summed E-state index contributed by atoms with van der Waals surface area (Å²) in [6.45, 7) is 2.47. The molecule has 0 spiro atoms. The van der Waals surface area contributed by atoms with E-state index in [9.17, 15) is 19.2 Å². The van der Waals surface area contributed by atoms with Gasteiger partial charge in [0.05, 0.1) is 57.6 Å². The topological polar surface area (TPSA) is 180 Å². The number of hydrogen-bond acceptors (Lipinski definition) is 9. The van der Waals surface area contributed by atoms with Crippen LogP contribution in [-0.2, 0) is 23.9 Å². The summed E-state index contributed by atoms with van der Waals surface area (Å²) in [5, 5.41) is 23.6. The van der Waals surface area contributed by atoms with Crippen molar-refractivity contribution in [1.29, 1.82) is 5.26 Å². The van der Waals surface area contributed by atoms with Crippen LogP contribution in [0, 0.1) is 11.3 Å². The van der Waals surface area contributed by atoms with Gasteiger partial charge in [0.1, 0.15) is 11.8 Å². The van der Waals surface area contributed by atoms with Crippen molar-refractivity contribution in [3.63, 3.8) is 0 Å². The van der Waals surface area contributed by atoms with E-state index in [1.165, 1.54) is 0 Å². The van der Waals surface area contributed by atoms with E-state index in [2.05, 4.69) is 26.6 Å². The summed E-state index contributed by atoms with van der Waals surface area (Å²) in [6, 6.07) is 10.8. The maximum absolute atomic E-state index is 12.4. The van der Waals surface area contributed by atoms with Crippen LogP contribution >= 0.6 is 11.8 Å². The monoisotopic (exact) mass is 646 g/mol. The fourth-order valence-electron chi connectivity index (χ4n) is 4.95. The van der Waals surface area contributed by atoms with Gasteiger partial charge >= 0.3 is 6.03 Å². The van der Waals surface area contributed by atoms with E-state index in [1.54, 1.807) is 0 Å². The maximum Gasteiger partial charge on any atom is 0.315 e. The molecule has 13 nitrogen and oxygen atoms in total. The number of amides is 5. The number of thioether (sulfide) groups is 1. The summed E-state index contributed by atoms with van der Waals surface area (Å²) < 4.78 is 16.5. The predicted octanol–water partition coefficient (Wildman–Crippen LogP) is 1.63. The Labute approximate surface area is 269 Å². The van der Waals surface area contributed by atoms with Crippen LogP contribution in [0.15, 0.2) is 30.3 Å². The minimum absolute atomic E-state index is 0.00882. The number of ether oxygens (including phenoxy) is 3.